The lowest BCUT2D eigenvalue weighted by molar-refractivity contribution is -0.116. The summed E-state index contributed by atoms with van der Waals surface area (Å²) in [6, 6.07) is 15.5. The molecule has 0 fully saturated rings. The van der Waals surface area contributed by atoms with Crippen LogP contribution in [0.5, 0.6) is 0 Å². The van der Waals surface area contributed by atoms with Gasteiger partial charge >= 0.3 is 0 Å². The number of rotatable bonds is 7. The molecule has 0 atom stereocenters. The van der Waals surface area contributed by atoms with Crippen LogP contribution in [0.15, 0.2) is 59.5 Å². The minimum absolute atomic E-state index is 0.0405. The Labute approximate surface area is 142 Å². The molecule has 0 aliphatic carbocycles. The number of carbonyl (C=O) groups excluding carboxylic acids is 1. The van der Waals surface area contributed by atoms with Crippen molar-refractivity contribution in [2.75, 3.05) is 30.9 Å². The van der Waals surface area contributed by atoms with E-state index in [1.807, 2.05) is 31.1 Å². The number of nitrogens with zero attached hydrogens (tertiary/aromatic N) is 1. The van der Waals surface area contributed by atoms with Gasteiger partial charge in [-0.2, -0.15) is 0 Å². The Kier molecular flexibility index (Phi) is 5.94. The van der Waals surface area contributed by atoms with E-state index < -0.39 is 10.0 Å². The quantitative estimate of drug-likeness (QED) is 0.804. The van der Waals surface area contributed by atoms with Crippen molar-refractivity contribution in [1.29, 1.82) is 0 Å². The molecule has 2 aromatic carbocycles. The van der Waals surface area contributed by atoms with E-state index in [1.165, 1.54) is 12.1 Å². The average Bonchev–Trinajstić information content (AvgIpc) is 2.56. The van der Waals surface area contributed by atoms with E-state index in [4.69, 9.17) is 0 Å². The molecule has 6 nitrogen and oxygen atoms in total. The highest BCUT2D eigenvalue weighted by molar-refractivity contribution is 7.89. The maximum atomic E-state index is 12.0. The van der Waals surface area contributed by atoms with Crippen LogP contribution in [0.25, 0.3) is 0 Å². The molecule has 128 valence electrons. The molecule has 0 aliphatic rings. The fourth-order valence-electron chi connectivity index (χ4n) is 2.05. The molecule has 2 N–H and O–H groups in total. The van der Waals surface area contributed by atoms with E-state index in [2.05, 4.69) is 10.0 Å². The van der Waals surface area contributed by atoms with E-state index >= 15 is 0 Å². The summed E-state index contributed by atoms with van der Waals surface area (Å²) in [6.07, 6.45) is 0.0570. The van der Waals surface area contributed by atoms with Crippen LogP contribution < -0.4 is 14.9 Å². The zero-order valence-electron chi connectivity index (χ0n) is 13.7. The highest BCUT2D eigenvalue weighted by Gasteiger charge is 2.13. The van der Waals surface area contributed by atoms with Gasteiger partial charge in [-0.05, 0) is 36.4 Å². The molecule has 2 aromatic rings. The number of hydrogen-bond acceptors (Lipinski definition) is 4. The minimum atomic E-state index is -3.58. The summed E-state index contributed by atoms with van der Waals surface area (Å²) < 4.78 is 26.5. The first kappa shape index (κ1) is 18.0. The van der Waals surface area contributed by atoms with Crippen LogP contribution in [-0.4, -0.2) is 35.0 Å². The van der Waals surface area contributed by atoms with Gasteiger partial charge in [0, 0.05) is 38.4 Å². The Bertz CT molecular complexity index is 772. The Morgan fingerprint density at radius 3 is 2.21 bits per heavy atom. The molecule has 0 radical (unpaired) electrons. The summed E-state index contributed by atoms with van der Waals surface area (Å²) in [5, 5.41) is 2.74. The maximum Gasteiger partial charge on any atom is 0.240 e. The first-order valence-corrected chi connectivity index (χ1v) is 8.99. The lowest BCUT2D eigenvalue weighted by Crippen LogP contribution is -2.27. The van der Waals surface area contributed by atoms with Gasteiger partial charge in [-0.25, -0.2) is 13.1 Å². The number of sulfonamides is 1. The molecular formula is C17H21N3O3S. The van der Waals surface area contributed by atoms with E-state index in [-0.39, 0.29) is 23.8 Å². The minimum Gasteiger partial charge on any atom is -0.378 e. The van der Waals surface area contributed by atoms with Crippen LogP contribution in [0.1, 0.15) is 6.42 Å². The second kappa shape index (κ2) is 7.94. The van der Waals surface area contributed by atoms with E-state index in [0.29, 0.717) is 5.69 Å². The summed E-state index contributed by atoms with van der Waals surface area (Å²) in [7, 11) is 0.294. The first-order chi connectivity index (χ1) is 11.4. The van der Waals surface area contributed by atoms with Crippen LogP contribution in [0.3, 0.4) is 0 Å². The third-order valence-electron chi connectivity index (χ3n) is 3.37. The fourth-order valence-corrected chi connectivity index (χ4v) is 3.10. The topological polar surface area (TPSA) is 78.5 Å². The Hall–Kier alpha value is -2.38. The summed E-state index contributed by atoms with van der Waals surface area (Å²) in [5.41, 5.74) is 1.71. The SMILES string of the molecule is CN(C)c1ccc(NC(=O)CCNS(=O)(=O)c2ccccc2)cc1. The molecular weight excluding hydrogens is 326 g/mol. The predicted molar refractivity (Wildman–Crippen MR) is 95.6 cm³/mol. The standard InChI is InChI=1S/C17H21N3O3S/c1-20(2)15-10-8-14(9-11-15)19-17(21)12-13-18-24(22,23)16-6-4-3-5-7-16/h3-11,18H,12-13H2,1-2H3,(H,19,21). The summed E-state index contributed by atoms with van der Waals surface area (Å²) in [4.78, 5) is 14.0. The molecule has 24 heavy (non-hydrogen) atoms. The highest BCUT2D eigenvalue weighted by Crippen LogP contribution is 2.15. The van der Waals surface area contributed by atoms with Gasteiger partial charge < -0.3 is 10.2 Å². The normalized spacial score (nSPS) is 11.1. The van der Waals surface area contributed by atoms with Gasteiger partial charge in [-0.3, -0.25) is 4.79 Å². The zero-order valence-corrected chi connectivity index (χ0v) is 14.5. The lowest BCUT2D eigenvalue weighted by Gasteiger charge is -2.13. The van der Waals surface area contributed by atoms with Gasteiger partial charge in [0.1, 0.15) is 0 Å². The van der Waals surface area contributed by atoms with Gasteiger partial charge in [0.25, 0.3) is 0 Å². The van der Waals surface area contributed by atoms with Crippen LogP contribution in [0, 0.1) is 0 Å². The van der Waals surface area contributed by atoms with Crippen molar-refractivity contribution in [1.82, 2.24) is 4.72 Å². The van der Waals surface area contributed by atoms with Crippen LogP contribution in [-0.2, 0) is 14.8 Å². The van der Waals surface area contributed by atoms with Crippen LogP contribution in [0.4, 0.5) is 11.4 Å². The Balaban J connectivity index is 1.83. The number of anilines is 2. The molecule has 2 rings (SSSR count). The lowest BCUT2D eigenvalue weighted by atomic mass is 10.2. The molecule has 0 saturated carbocycles. The maximum absolute atomic E-state index is 12.0. The van der Waals surface area contributed by atoms with Crippen molar-refractivity contribution >= 4 is 27.3 Å². The average molecular weight is 347 g/mol. The molecule has 0 heterocycles. The molecule has 1 amide bonds. The van der Waals surface area contributed by atoms with E-state index in [0.717, 1.165) is 5.69 Å². The molecule has 0 aromatic heterocycles. The van der Waals surface area contributed by atoms with E-state index in [1.54, 1.807) is 30.3 Å². The smallest absolute Gasteiger partial charge is 0.240 e. The summed E-state index contributed by atoms with van der Waals surface area (Å²) in [5.74, 6) is -0.247. The van der Waals surface area contributed by atoms with Crippen molar-refractivity contribution in [2.45, 2.75) is 11.3 Å². The molecule has 0 spiro atoms. The first-order valence-electron chi connectivity index (χ1n) is 7.50. The largest absolute Gasteiger partial charge is 0.378 e. The fraction of sp³-hybridized carbons (Fsp3) is 0.235. The van der Waals surface area contributed by atoms with E-state index in [9.17, 15) is 13.2 Å². The second-order valence-corrected chi connectivity index (χ2v) is 7.22. The molecule has 7 heteroatoms. The number of nitrogens with one attached hydrogen (secondary N) is 2. The summed E-state index contributed by atoms with van der Waals surface area (Å²) in [6.45, 7) is 0.0405. The van der Waals surface area contributed by atoms with Gasteiger partial charge in [-0.15, -0.1) is 0 Å². The highest BCUT2D eigenvalue weighted by atomic mass is 32.2. The second-order valence-electron chi connectivity index (χ2n) is 5.45. The third-order valence-corrected chi connectivity index (χ3v) is 4.84. The molecule has 0 aliphatic heterocycles. The molecule has 0 unspecified atom stereocenters. The van der Waals surface area contributed by atoms with Crippen LogP contribution >= 0.6 is 0 Å². The Morgan fingerprint density at radius 1 is 1.00 bits per heavy atom. The summed E-state index contributed by atoms with van der Waals surface area (Å²) >= 11 is 0. The van der Waals surface area contributed by atoms with Gasteiger partial charge in [0.2, 0.25) is 15.9 Å². The number of carbonyl (C=O) groups is 1. The predicted octanol–water partition coefficient (Wildman–Crippen LogP) is 2.06. The number of hydrogen-bond donors (Lipinski definition) is 2. The third kappa shape index (κ3) is 5.07. The van der Waals surface area contributed by atoms with Crippen molar-refractivity contribution in [3.8, 4) is 0 Å². The van der Waals surface area contributed by atoms with Crippen LogP contribution in [0.2, 0.25) is 0 Å². The monoisotopic (exact) mass is 347 g/mol. The number of amides is 1. The van der Waals surface area contributed by atoms with Crippen molar-refractivity contribution < 1.29 is 13.2 Å². The van der Waals surface area contributed by atoms with Gasteiger partial charge in [0.15, 0.2) is 0 Å². The van der Waals surface area contributed by atoms with Crippen molar-refractivity contribution in [3.05, 3.63) is 54.6 Å². The van der Waals surface area contributed by atoms with Crippen molar-refractivity contribution in [2.24, 2.45) is 0 Å². The van der Waals surface area contributed by atoms with Gasteiger partial charge in [-0.1, -0.05) is 18.2 Å². The Morgan fingerprint density at radius 2 is 1.62 bits per heavy atom. The zero-order chi connectivity index (χ0) is 17.6. The molecule has 0 saturated heterocycles. The number of benzene rings is 2. The van der Waals surface area contributed by atoms with Crippen molar-refractivity contribution in [3.63, 3.8) is 0 Å². The molecule has 0 bridgehead atoms. The van der Waals surface area contributed by atoms with Gasteiger partial charge in [0.05, 0.1) is 4.90 Å².